The van der Waals surface area contributed by atoms with Crippen molar-refractivity contribution in [2.45, 2.75) is 32.7 Å². The number of pyridine rings is 1. The molecule has 0 aliphatic carbocycles. The Balaban J connectivity index is 1.56. The molecule has 126 valence electrons. The molecule has 1 aliphatic rings. The van der Waals surface area contributed by atoms with Gasteiger partial charge in [-0.2, -0.15) is 0 Å². The highest BCUT2D eigenvalue weighted by atomic mass is 32.1. The van der Waals surface area contributed by atoms with Crippen LogP contribution in [0.4, 0.5) is 11.5 Å². The number of hydrogen-bond donors (Lipinski definition) is 2. The zero-order valence-corrected chi connectivity index (χ0v) is 15.1. The summed E-state index contributed by atoms with van der Waals surface area (Å²) in [6.45, 7) is 6.47. The van der Waals surface area contributed by atoms with E-state index in [1.165, 1.54) is 37.2 Å². The van der Waals surface area contributed by atoms with Gasteiger partial charge in [-0.25, -0.2) is 4.98 Å². The van der Waals surface area contributed by atoms with Crippen LogP contribution in [0.2, 0.25) is 0 Å². The van der Waals surface area contributed by atoms with Crippen molar-refractivity contribution in [1.29, 1.82) is 0 Å². The lowest BCUT2D eigenvalue weighted by molar-refractivity contribution is 0.722. The van der Waals surface area contributed by atoms with Gasteiger partial charge in [-0.1, -0.05) is 18.2 Å². The third kappa shape index (κ3) is 4.23. The van der Waals surface area contributed by atoms with Gasteiger partial charge in [0.15, 0.2) is 5.11 Å². The molecule has 1 aromatic heterocycles. The van der Waals surface area contributed by atoms with Gasteiger partial charge in [-0.05, 0) is 68.2 Å². The predicted molar refractivity (Wildman–Crippen MR) is 105 cm³/mol. The molecule has 0 bridgehead atoms. The standard InChI is InChI=1S/C19H24N4S/c1-14-5-10-18(20-13-14)22-19(24)21-15(2)16-6-8-17(9-7-16)23-11-3-4-12-23/h5-10,13,15H,3-4,11-12H2,1-2H3,(H2,20,21,22,24)/t15-/m0/s1. The first-order valence-corrected chi connectivity index (χ1v) is 8.88. The van der Waals surface area contributed by atoms with Gasteiger partial charge in [0.1, 0.15) is 5.82 Å². The Morgan fingerprint density at radius 3 is 2.46 bits per heavy atom. The van der Waals surface area contributed by atoms with Crippen molar-refractivity contribution < 1.29 is 0 Å². The van der Waals surface area contributed by atoms with Crippen LogP contribution in [-0.4, -0.2) is 23.2 Å². The number of thiocarbonyl (C=S) groups is 1. The summed E-state index contributed by atoms with van der Waals surface area (Å²) in [5.74, 6) is 0.759. The minimum atomic E-state index is 0.142. The number of rotatable bonds is 4. The van der Waals surface area contributed by atoms with Crippen molar-refractivity contribution in [1.82, 2.24) is 10.3 Å². The molecule has 1 atom stereocenters. The fraction of sp³-hybridized carbons (Fsp3) is 0.368. The maximum atomic E-state index is 5.39. The maximum Gasteiger partial charge on any atom is 0.172 e. The minimum absolute atomic E-state index is 0.142. The molecule has 1 aromatic carbocycles. The molecule has 2 aromatic rings. The Morgan fingerprint density at radius 2 is 1.83 bits per heavy atom. The molecule has 5 heteroatoms. The summed E-state index contributed by atoms with van der Waals surface area (Å²) in [6.07, 6.45) is 4.42. The van der Waals surface area contributed by atoms with E-state index in [1.54, 1.807) is 0 Å². The fourth-order valence-electron chi connectivity index (χ4n) is 2.92. The Bertz CT molecular complexity index is 676. The van der Waals surface area contributed by atoms with Gasteiger partial charge in [0.05, 0.1) is 6.04 Å². The van der Waals surface area contributed by atoms with Gasteiger partial charge >= 0.3 is 0 Å². The second kappa shape index (κ2) is 7.62. The number of aromatic nitrogens is 1. The Hall–Kier alpha value is -2.14. The fourth-order valence-corrected chi connectivity index (χ4v) is 3.20. The molecule has 0 unspecified atom stereocenters. The Labute approximate surface area is 149 Å². The van der Waals surface area contributed by atoms with E-state index in [2.05, 4.69) is 51.7 Å². The van der Waals surface area contributed by atoms with Crippen molar-refractivity contribution >= 4 is 28.8 Å². The number of benzene rings is 1. The molecule has 0 amide bonds. The van der Waals surface area contributed by atoms with Crippen LogP contribution in [0.15, 0.2) is 42.6 Å². The molecule has 24 heavy (non-hydrogen) atoms. The maximum absolute atomic E-state index is 5.39. The lowest BCUT2D eigenvalue weighted by atomic mass is 10.1. The average Bonchev–Trinajstić information content (AvgIpc) is 3.11. The molecule has 1 aliphatic heterocycles. The molecular formula is C19H24N4S. The zero-order valence-electron chi connectivity index (χ0n) is 14.2. The summed E-state index contributed by atoms with van der Waals surface area (Å²) in [4.78, 5) is 6.75. The number of hydrogen-bond acceptors (Lipinski definition) is 3. The van der Waals surface area contributed by atoms with Crippen LogP contribution in [0.3, 0.4) is 0 Å². The molecule has 0 saturated carbocycles. The van der Waals surface area contributed by atoms with Crippen LogP contribution in [0.25, 0.3) is 0 Å². The lowest BCUT2D eigenvalue weighted by Gasteiger charge is -2.20. The predicted octanol–water partition coefficient (Wildman–Crippen LogP) is 4.04. The second-order valence-corrected chi connectivity index (χ2v) is 6.73. The van der Waals surface area contributed by atoms with Crippen molar-refractivity contribution in [3.8, 4) is 0 Å². The Kier molecular flexibility index (Phi) is 5.30. The lowest BCUT2D eigenvalue weighted by Crippen LogP contribution is -2.31. The van der Waals surface area contributed by atoms with Gasteiger partial charge in [-0.15, -0.1) is 0 Å². The molecule has 1 saturated heterocycles. The molecule has 2 heterocycles. The van der Waals surface area contributed by atoms with Crippen LogP contribution in [0.1, 0.15) is 36.9 Å². The smallest absolute Gasteiger partial charge is 0.172 e. The molecule has 4 nitrogen and oxygen atoms in total. The SMILES string of the molecule is Cc1ccc(NC(=S)N[C@@H](C)c2ccc(N3CCCC3)cc2)nc1. The average molecular weight is 340 g/mol. The highest BCUT2D eigenvalue weighted by Gasteiger charge is 2.13. The first kappa shape index (κ1) is 16.7. The van der Waals surface area contributed by atoms with Crippen LogP contribution >= 0.6 is 12.2 Å². The van der Waals surface area contributed by atoms with Crippen molar-refractivity contribution in [3.63, 3.8) is 0 Å². The topological polar surface area (TPSA) is 40.2 Å². The number of anilines is 2. The highest BCUT2D eigenvalue weighted by Crippen LogP contribution is 2.22. The van der Waals surface area contributed by atoms with Gasteiger partial charge in [0, 0.05) is 25.0 Å². The van der Waals surface area contributed by atoms with E-state index in [-0.39, 0.29) is 6.04 Å². The monoisotopic (exact) mass is 340 g/mol. The highest BCUT2D eigenvalue weighted by molar-refractivity contribution is 7.80. The molecular weight excluding hydrogens is 316 g/mol. The molecule has 0 radical (unpaired) electrons. The zero-order chi connectivity index (χ0) is 16.9. The van der Waals surface area contributed by atoms with E-state index >= 15 is 0 Å². The van der Waals surface area contributed by atoms with Gasteiger partial charge < -0.3 is 15.5 Å². The van der Waals surface area contributed by atoms with E-state index in [0.29, 0.717) is 5.11 Å². The summed E-state index contributed by atoms with van der Waals surface area (Å²) >= 11 is 5.39. The molecule has 3 rings (SSSR count). The van der Waals surface area contributed by atoms with Crippen LogP contribution < -0.4 is 15.5 Å². The summed E-state index contributed by atoms with van der Waals surface area (Å²) in [5, 5.41) is 7.03. The first-order valence-electron chi connectivity index (χ1n) is 8.47. The van der Waals surface area contributed by atoms with E-state index in [0.717, 1.165) is 11.4 Å². The number of nitrogens with one attached hydrogen (secondary N) is 2. The van der Waals surface area contributed by atoms with Crippen molar-refractivity contribution in [2.24, 2.45) is 0 Å². The molecule has 1 fully saturated rings. The molecule has 2 N–H and O–H groups in total. The van der Waals surface area contributed by atoms with Gasteiger partial charge in [-0.3, -0.25) is 0 Å². The summed E-state index contributed by atoms with van der Waals surface area (Å²) < 4.78 is 0. The van der Waals surface area contributed by atoms with Crippen LogP contribution in [0, 0.1) is 6.92 Å². The quantitative estimate of drug-likeness (QED) is 0.822. The normalized spacial score (nSPS) is 15.2. The van der Waals surface area contributed by atoms with Gasteiger partial charge in [0.25, 0.3) is 0 Å². The van der Waals surface area contributed by atoms with E-state index in [9.17, 15) is 0 Å². The second-order valence-electron chi connectivity index (χ2n) is 6.33. The van der Waals surface area contributed by atoms with Crippen molar-refractivity contribution in [3.05, 3.63) is 53.7 Å². The van der Waals surface area contributed by atoms with E-state index in [4.69, 9.17) is 12.2 Å². The van der Waals surface area contributed by atoms with E-state index in [1.807, 2.05) is 25.3 Å². The summed E-state index contributed by atoms with van der Waals surface area (Å²) in [7, 11) is 0. The summed E-state index contributed by atoms with van der Waals surface area (Å²) in [6, 6.07) is 12.9. The Morgan fingerprint density at radius 1 is 1.12 bits per heavy atom. The van der Waals surface area contributed by atoms with E-state index < -0.39 is 0 Å². The van der Waals surface area contributed by atoms with Gasteiger partial charge in [0.2, 0.25) is 0 Å². The van der Waals surface area contributed by atoms with Crippen molar-refractivity contribution in [2.75, 3.05) is 23.3 Å². The van der Waals surface area contributed by atoms with Crippen LogP contribution in [-0.2, 0) is 0 Å². The first-order chi connectivity index (χ1) is 11.6. The number of aryl methyl sites for hydroxylation is 1. The summed E-state index contributed by atoms with van der Waals surface area (Å²) in [5.41, 5.74) is 3.66. The van der Waals surface area contributed by atoms with Crippen LogP contribution in [0.5, 0.6) is 0 Å². The third-order valence-electron chi connectivity index (χ3n) is 4.36. The third-order valence-corrected chi connectivity index (χ3v) is 4.58. The molecule has 0 spiro atoms. The minimum Gasteiger partial charge on any atom is -0.372 e. The number of nitrogens with zero attached hydrogens (tertiary/aromatic N) is 2. The largest absolute Gasteiger partial charge is 0.372 e.